The normalized spacial score (nSPS) is 8.93. The van der Waals surface area contributed by atoms with Crippen molar-refractivity contribution in [2.45, 2.75) is 40.5 Å². The van der Waals surface area contributed by atoms with Gasteiger partial charge in [-0.2, -0.15) is 5.26 Å². The van der Waals surface area contributed by atoms with Gasteiger partial charge in [-0.15, -0.1) is 0 Å². The molecule has 1 aromatic rings. The molecule has 0 spiro atoms. The van der Waals surface area contributed by atoms with Crippen molar-refractivity contribution in [3.05, 3.63) is 34.9 Å². The second kappa shape index (κ2) is 6.21. The van der Waals surface area contributed by atoms with E-state index in [9.17, 15) is 0 Å². The summed E-state index contributed by atoms with van der Waals surface area (Å²) < 4.78 is 0. The fourth-order valence-corrected chi connectivity index (χ4v) is 1.26. The molecule has 0 aliphatic carbocycles. The van der Waals surface area contributed by atoms with Gasteiger partial charge in [-0.05, 0) is 24.5 Å². The quantitative estimate of drug-likeness (QED) is 0.654. The van der Waals surface area contributed by atoms with E-state index in [2.05, 4.69) is 26.0 Å². The lowest BCUT2D eigenvalue weighted by atomic mass is 9.96. The zero-order valence-electron chi connectivity index (χ0n) is 9.76. The molecule has 0 saturated heterocycles. The summed E-state index contributed by atoms with van der Waals surface area (Å²) >= 11 is 0. The highest BCUT2D eigenvalue weighted by Gasteiger charge is 2.05. The Morgan fingerprint density at radius 2 is 1.79 bits per heavy atom. The summed E-state index contributed by atoms with van der Waals surface area (Å²) in [5.41, 5.74) is 3.17. The van der Waals surface area contributed by atoms with Gasteiger partial charge in [0.25, 0.3) is 0 Å². The third-order valence-electron chi connectivity index (χ3n) is 1.95. The van der Waals surface area contributed by atoms with E-state index in [4.69, 9.17) is 5.26 Å². The van der Waals surface area contributed by atoms with Gasteiger partial charge >= 0.3 is 0 Å². The summed E-state index contributed by atoms with van der Waals surface area (Å²) in [7, 11) is 0. The van der Waals surface area contributed by atoms with Crippen LogP contribution in [0.1, 0.15) is 50.3 Å². The topological polar surface area (TPSA) is 23.8 Å². The molecule has 0 saturated carbocycles. The molecule has 0 amide bonds. The summed E-state index contributed by atoms with van der Waals surface area (Å²) in [6, 6.07) is 8.16. The van der Waals surface area contributed by atoms with E-state index in [1.165, 1.54) is 5.56 Å². The molecule has 0 bridgehead atoms. The van der Waals surface area contributed by atoms with Crippen LogP contribution in [0, 0.1) is 18.3 Å². The van der Waals surface area contributed by atoms with Crippen LogP contribution in [0.2, 0.25) is 0 Å². The minimum absolute atomic E-state index is 0.430. The zero-order valence-corrected chi connectivity index (χ0v) is 9.76. The van der Waals surface area contributed by atoms with Gasteiger partial charge in [0.05, 0.1) is 11.6 Å². The SMILES string of the molecule is CC.Cc1ccc(C#N)c(C(C)C)c1. The first kappa shape index (κ1) is 12.7. The smallest absolute Gasteiger partial charge is 0.0994 e. The summed E-state index contributed by atoms with van der Waals surface area (Å²) in [4.78, 5) is 0. The fourth-order valence-electron chi connectivity index (χ4n) is 1.26. The molecule has 0 aliphatic heterocycles. The van der Waals surface area contributed by atoms with E-state index in [-0.39, 0.29) is 0 Å². The highest BCUT2D eigenvalue weighted by Crippen LogP contribution is 2.19. The average Bonchev–Trinajstić information content (AvgIpc) is 2.20. The van der Waals surface area contributed by atoms with Crippen LogP contribution in [-0.2, 0) is 0 Å². The van der Waals surface area contributed by atoms with E-state index < -0.39 is 0 Å². The number of hydrogen-bond donors (Lipinski definition) is 0. The maximum atomic E-state index is 8.81. The summed E-state index contributed by atoms with van der Waals surface area (Å²) in [5, 5.41) is 8.81. The Kier molecular flexibility index (Phi) is 5.64. The monoisotopic (exact) mass is 189 g/mol. The molecule has 0 heterocycles. The van der Waals surface area contributed by atoms with Crippen molar-refractivity contribution < 1.29 is 0 Å². The van der Waals surface area contributed by atoms with Crippen molar-refractivity contribution in [3.63, 3.8) is 0 Å². The Morgan fingerprint density at radius 3 is 2.21 bits per heavy atom. The van der Waals surface area contributed by atoms with Crippen LogP contribution in [0.3, 0.4) is 0 Å². The molecule has 1 rings (SSSR count). The second-order valence-electron chi connectivity index (χ2n) is 3.36. The number of nitriles is 1. The summed E-state index contributed by atoms with van der Waals surface area (Å²) in [5.74, 6) is 0.430. The van der Waals surface area contributed by atoms with Gasteiger partial charge in [0, 0.05) is 0 Å². The predicted octanol–water partition coefficient (Wildman–Crippen LogP) is 4.02. The van der Waals surface area contributed by atoms with Gasteiger partial charge in [-0.1, -0.05) is 45.4 Å². The zero-order chi connectivity index (χ0) is 11.1. The molecule has 0 aliphatic rings. The lowest BCUT2D eigenvalue weighted by molar-refractivity contribution is 0.861. The van der Waals surface area contributed by atoms with Crippen LogP contribution in [-0.4, -0.2) is 0 Å². The maximum Gasteiger partial charge on any atom is 0.0994 e. The largest absolute Gasteiger partial charge is 0.192 e. The van der Waals surface area contributed by atoms with Gasteiger partial charge < -0.3 is 0 Å². The fraction of sp³-hybridized carbons (Fsp3) is 0.462. The molecule has 76 valence electrons. The first-order valence-electron chi connectivity index (χ1n) is 5.16. The van der Waals surface area contributed by atoms with Gasteiger partial charge in [0.15, 0.2) is 0 Å². The number of hydrogen-bond acceptors (Lipinski definition) is 1. The van der Waals surface area contributed by atoms with Gasteiger partial charge in [0.1, 0.15) is 0 Å². The molecular formula is C13H19N. The third kappa shape index (κ3) is 3.22. The standard InChI is InChI=1S/C11H13N.C2H6/c1-8(2)11-6-9(3)4-5-10(11)7-12;1-2/h4-6,8H,1-3H3;1-2H3. The Balaban J connectivity index is 0.000000791. The average molecular weight is 189 g/mol. The first-order chi connectivity index (χ1) is 6.65. The number of rotatable bonds is 1. The minimum Gasteiger partial charge on any atom is -0.192 e. The molecule has 1 heteroatoms. The van der Waals surface area contributed by atoms with E-state index in [1.54, 1.807) is 0 Å². The molecule has 0 atom stereocenters. The van der Waals surface area contributed by atoms with E-state index in [1.807, 2.05) is 32.9 Å². The minimum atomic E-state index is 0.430. The molecule has 0 unspecified atom stereocenters. The Labute approximate surface area is 87.4 Å². The third-order valence-corrected chi connectivity index (χ3v) is 1.95. The van der Waals surface area contributed by atoms with Crippen molar-refractivity contribution in [1.82, 2.24) is 0 Å². The van der Waals surface area contributed by atoms with Crippen LogP contribution >= 0.6 is 0 Å². The molecule has 0 aromatic heterocycles. The van der Waals surface area contributed by atoms with Gasteiger partial charge in [0.2, 0.25) is 0 Å². The van der Waals surface area contributed by atoms with Crippen LogP contribution in [0.15, 0.2) is 18.2 Å². The molecule has 0 N–H and O–H groups in total. The van der Waals surface area contributed by atoms with Crippen molar-refractivity contribution in [1.29, 1.82) is 5.26 Å². The van der Waals surface area contributed by atoms with Crippen LogP contribution < -0.4 is 0 Å². The number of nitrogens with zero attached hydrogens (tertiary/aromatic N) is 1. The van der Waals surface area contributed by atoms with Crippen molar-refractivity contribution in [2.75, 3.05) is 0 Å². The molecular weight excluding hydrogens is 170 g/mol. The van der Waals surface area contributed by atoms with Crippen LogP contribution in [0.4, 0.5) is 0 Å². The highest BCUT2D eigenvalue weighted by molar-refractivity contribution is 5.41. The number of benzene rings is 1. The number of aryl methyl sites for hydroxylation is 1. The molecule has 0 radical (unpaired) electrons. The van der Waals surface area contributed by atoms with Crippen molar-refractivity contribution in [3.8, 4) is 6.07 Å². The summed E-state index contributed by atoms with van der Waals surface area (Å²) in [6.45, 7) is 10.3. The maximum absolute atomic E-state index is 8.81. The highest BCUT2D eigenvalue weighted by atomic mass is 14.2. The van der Waals surface area contributed by atoms with Crippen molar-refractivity contribution >= 4 is 0 Å². The van der Waals surface area contributed by atoms with Gasteiger partial charge in [-0.25, -0.2) is 0 Å². The lowest BCUT2D eigenvalue weighted by Gasteiger charge is -2.07. The second-order valence-corrected chi connectivity index (χ2v) is 3.36. The van der Waals surface area contributed by atoms with Gasteiger partial charge in [-0.3, -0.25) is 0 Å². The molecule has 0 fully saturated rings. The van der Waals surface area contributed by atoms with E-state index >= 15 is 0 Å². The van der Waals surface area contributed by atoms with Crippen LogP contribution in [0.25, 0.3) is 0 Å². The Morgan fingerprint density at radius 1 is 1.21 bits per heavy atom. The van der Waals surface area contributed by atoms with Crippen molar-refractivity contribution in [2.24, 2.45) is 0 Å². The first-order valence-corrected chi connectivity index (χ1v) is 5.16. The van der Waals surface area contributed by atoms with Crippen LogP contribution in [0.5, 0.6) is 0 Å². The molecule has 14 heavy (non-hydrogen) atoms. The predicted molar refractivity (Wildman–Crippen MR) is 61.3 cm³/mol. The molecule has 1 nitrogen and oxygen atoms in total. The molecule has 1 aromatic carbocycles. The van der Waals surface area contributed by atoms with E-state index in [0.717, 1.165) is 11.1 Å². The Hall–Kier alpha value is -1.29. The van der Waals surface area contributed by atoms with E-state index in [0.29, 0.717) is 5.92 Å². The Bertz CT molecular complexity index is 318. The summed E-state index contributed by atoms with van der Waals surface area (Å²) in [6.07, 6.45) is 0. The lowest BCUT2D eigenvalue weighted by Crippen LogP contribution is -1.92.